The predicted molar refractivity (Wildman–Crippen MR) is 78.6 cm³/mol. The van der Waals surface area contributed by atoms with E-state index in [0.717, 1.165) is 16.7 Å². The number of hydrogen-bond donors (Lipinski definition) is 1. The lowest BCUT2D eigenvalue weighted by atomic mass is 10.1. The van der Waals surface area contributed by atoms with Crippen LogP contribution in [0.4, 0.5) is 4.79 Å². The van der Waals surface area contributed by atoms with E-state index in [9.17, 15) is 4.79 Å². The molecule has 0 unspecified atom stereocenters. The second kappa shape index (κ2) is 5.99. The van der Waals surface area contributed by atoms with Crippen LogP contribution in [0.3, 0.4) is 0 Å². The van der Waals surface area contributed by atoms with E-state index in [4.69, 9.17) is 10.00 Å². The van der Waals surface area contributed by atoms with E-state index in [1.165, 1.54) is 0 Å². The molecule has 0 bridgehead atoms. The molecule has 1 aromatic heterocycles. The van der Waals surface area contributed by atoms with Crippen LogP contribution in [0, 0.1) is 23.2 Å². The molecule has 22 heavy (non-hydrogen) atoms. The van der Waals surface area contributed by atoms with Crippen molar-refractivity contribution in [3.05, 3.63) is 65.0 Å². The van der Waals surface area contributed by atoms with Crippen LogP contribution in [0.15, 0.2) is 42.7 Å². The number of pyridine rings is 1. The first-order chi connectivity index (χ1) is 10.7. The lowest BCUT2D eigenvalue weighted by Crippen LogP contribution is -2.18. The molecule has 1 fully saturated rings. The molecule has 1 saturated heterocycles. The van der Waals surface area contributed by atoms with E-state index >= 15 is 0 Å². The number of benzene rings is 1. The normalized spacial score (nSPS) is 16.0. The van der Waals surface area contributed by atoms with Crippen molar-refractivity contribution in [2.75, 3.05) is 6.61 Å². The molecule has 1 N–H and O–H groups in total. The first kappa shape index (κ1) is 13.7. The number of hydrogen-bond acceptors (Lipinski definition) is 4. The Labute approximate surface area is 127 Å². The number of nitriles is 1. The van der Waals surface area contributed by atoms with Gasteiger partial charge in [-0.25, -0.2) is 4.79 Å². The Kier molecular flexibility index (Phi) is 3.72. The second-order valence-corrected chi connectivity index (χ2v) is 4.74. The van der Waals surface area contributed by atoms with E-state index in [1.807, 2.05) is 12.1 Å². The quantitative estimate of drug-likeness (QED) is 0.816. The minimum absolute atomic E-state index is 0.191. The topological polar surface area (TPSA) is 75.0 Å². The Hall–Kier alpha value is -3.31. The lowest BCUT2D eigenvalue weighted by molar-refractivity contribution is 0.177. The third-order valence-corrected chi connectivity index (χ3v) is 3.18. The summed E-state index contributed by atoms with van der Waals surface area (Å²) >= 11 is 0. The van der Waals surface area contributed by atoms with Crippen molar-refractivity contribution in [2.24, 2.45) is 0 Å². The number of amides is 1. The number of alkyl carbamates (subject to hydrolysis) is 1. The molecular formula is C17H11N3O2. The van der Waals surface area contributed by atoms with Gasteiger partial charge in [0.25, 0.3) is 0 Å². The van der Waals surface area contributed by atoms with Gasteiger partial charge in [0.15, 0.2) is 0 Å². The summed E-state index contributed by atoms with van der Waals surface area (Å²) in [5, 5.41) is 11.6. The molecule has 1 amide bonds. The molecule has 106 valence electrons. The van der Waals surface area contributed by atoms with E-state index in [1.54, 1.807) is 30.6 Å². The van der Waals surface area contributed by atoms with Gasteiger partial charge in [-0.3, -0.25) is 4.98 Å². The van der Waals surface area contributed by atoms with Crippen LogP contribution >= 0.6 is 0 Å². The first-order valence-electron chi connectivity index (χ1n) is 6.65. The van der Waals surface area contributed by atoms with E-state index in [2.05, 4.69) is 28.2 Å². The maximum Gasteiger partial charge on any atom is 0.407 e. The lowest BCUT2D eigenvalue weighted by Gasteiger charge is -2.06. The van der Waals surface area contributed by atoms with Crippen molar-refractivity contribution in [2.45, 2.75) is 6.04 Å². The molecule has 1 aromatic carbocycles. The second-order valence-electron chi connectivity index (χ2n) is 4.74. The number of carbonyl (C=O) groups excluding carboxylic acids is 1. The van der Waals surface area contributed by atoms with Gasteiger partial charge in [0.1, 0.15) is 6.61 Å². The van der Waals surface area contributed by atoms with Crippen LogP contribution in [-0.4, -0.2) is 17.7 Å². The molecule has 0 aliphatic carbocycles. The fourth-order valence-corrected chi connectivity index (χ4v) is 2.09. The maximum absolute atomic E-state index is 11.1. The van der Waals surface area contributed by atoms with Gasteiger partial charge in [-0.2, -0.15) is 5.26 Å². The van der Waals surface area contributed by atoms with Crippen molar-refractivity contribution < 1.29 is 9.53 Å². The highest BCUT2D eigenvalue weighted by molar-refractivity contribution is 5.70. The Balaban J connectivity index is 1.83. The summed E-state index contributed by atoms with van der Waals surface area (Å²) in [6.45, 7) is 0.293. The summed E-state index contributed by atoms with van der Waals surface area (Å²) in [5.41, 5.74) is 2.93. The monoisotopic (exact) mass is 289 g/mol. The minimum Gasteiger partial charge on any atom is -0.447 e. The van der Waals surface area contributed by atoms with Gasteiger partial charge >= 0.3 is 6.09 Å². The van der Waals surface area contributed by atoms with E-state index in [0.29, 0.717) is 12.2 Å². The molecular weight excluding hydrogens is 278 g/mol. The van der Waals surface area contributed by atoms with Crippen LogP contribution in [0.5, 0.6) is 0 Å². The molecule has 0 saturated carbocycles. The summed E-state index contributed by atoms with van der Waals surface area (Å²) in [5.74, 6) is 6.01. The number of ether oxygens (including phenoxy) is 1. The highest BCUT2D eigenvalue weighted by atomic mass is 16.6. The van der Waals surface area contributed by atoms with Crippen molar-refractivity contribution in [3.63, 3.8) is 0 Å². The fourth-order valence-electron chi connectivity index (χ4n) is 2.09. The third kappa shape index (κ3) is 3.05. The maximum atomic E-state index is 11.1. The average Bonchev–Trinajstić information content (AvgIpc) is 3.00. The molecule has 1 aliphatic heterocycles. The zero-order valence-electron chi connectivity index (χ0n) is 11.5. The van der Waals surface area contributed by atoms with Crippen LogP contribution in [0.2, 0.25) is 0 Å². The van der Waals surface area contributed by atoms with Crippen molar-refractivity contribution in [1.29, 1.82) is 5.26 Å². The SMILES string of the molecule is N#Cc1cccc(C#Cc2cncc([C@@H]3COC(=O)N3)c2)c1. The number of rotatable bonds is 1. The predicted octanol–water partition coefficient (Wildman–Crippen LogP) is 2.13. The van der Waals surface area contributed by atoms with Crippen LogP contribution in [0.25, 0.3) is 0 Å². The standard InChI is InChI=1S/C17H11N3O2/c18-8-13-3-1-2-12(6-13)4-5-14-7-15(10-19-9-14)16-11-22-17(21)20-16/h1-3,6-7,9-10,16H,11H2,(H,20,21)/t16-/m0/s1. The molecule has 1 aliphatic rings. The molecule has 3 rings (SSSR count). The van der Waals surface area contributed by atoms with Gasteiger partial charge in [0.05, 0.1) is 17.7 Å². The number of nitrogens with zero attached hydrogens (tertiary/aromatic N) is 2. The van der Waals surface area contributed by atoms with Gasteiger partial charge in [0, 0.05) is 23.5 Å². The fraction of sp³-hybridized carbons (Fsp3) is 0.118. The Morgan fingerprint density at radius 2 is 2.00 bits per heavy atom. The van der Waals surface area contributed by atoms with Crippen LogP contribution in [-0.2, 0) is 4.74 Å². The minimum atomic E-state index is -0.421. The van der Waals surface area contributed by atoms with Crippen molar-refractivity contribution >= 4 is 6.09 Å². The number of carbonyl (C=O) groups is 1. The highest BCUT2D eigenvalue weighted by Crippen LogP contribution is 2.17. The summed E-state index contributed by atoms with van der Waals surface area (Å²) < 4.78 is 4.87. The molecule has 1 atom stereocenters. The Morgan fingerprint density at radius 1 is 1.18 bits per heavy atom. The Morgan fingerprint density at radius 3 is 2.77 bits per heavy atom. The summed E-state index contributed by atoms with van der Waals surface area (Å²) in [4.78, 5) is 15.2. The molecule has 5 heteroatoms. The first-order valence-corrected chi connectivity index (χ1v) is 6.65. The van der Waals surface area contributed by atoms with Crippen molar-refractivity contribution in [3.8, 4) is 17.9 Å². The van der Waals surface area contributed by atoms with Gasteiger partial charge < -0.3 is 10.1 Å². The molecule has 5 nitrogen and oxygen atoms in total. The number of aromatic nitrogens is 1. The average molecular weight is 289 g/mol. The van der Waals surface area contributed by atoms with Crippen LogP contribution in [0.1, 0.15) is 28.3 Å². The summed E-state index contributed by atoms with van der Waals surface area (Å²) in [6, 6.07) is 10.9. The molecule has 0 radical (unpaired) electrons. The molecule has 0 spiro atoms. The van der Waals surface area contributed by atoms with E-state index < -0.39 is 6.09 Å². The van der Waals surface area contributed by atoms with Gasteiger partial charge in [0.2, 0.25) is 0 Å². The number of cyclic esters (lactones) is 1. The Bertz CT molecular complexity index is 828. The number of nitrogens with one attached hydrogen (secondary N) is 1. The van der Waals surface area contributed by atoms with Crippen molar-refractivity contribution in [1.82, 2.24) is 10.3 Å². The van der Waals surface area contributed by atoms with E-state index in [-0.39, 0.29) is 6.04 Å². The third-order valence-electron chi connectivity index (χ3n) is 3.18. The zero-order chi connectivity index (χ0) is 15.4. The molecule has 2 aromatic rings. The zero-order valence-corrected chi connectivity index (χ0v) is 11.5. The summed E-state index contributed by atoms with van der Waals surface area (Å²) in [6.07, 6.45) is 2.92. The molecule has 2 heterocycles. The smallest absolute Gasteiger partial charge is 0.407 e. The highest BCUT2D eigenvalue weighted by Gasteiger charge is 2.23. The van der Waals surface area contributed by atoms with Gasteiger partial charge in [-0.1, -0.05) is 17.9 Å². The summed E-state index contributed by atoms with van der Waals surface area (Å²) in [7, 11) is 0. The largest absolute Gasteiger partial charge is 0.447 e. The van der Waals surface area contributed by atoms with Crippen LogP contribution < -0.4 is 5.32 Å². The van der Waals surface area contributed by atoms with Gasteiger partial charge in [-0.05, 0) is 29.8 Å². The van der Waals surface area contributed by atoms with Gasteiger partial charge in [-0.15, -0.1) is 0 Å².